The lowest BCUT2D eigenvalue weighted by atomic mass is 10.1. The first-order valence-electron chi connectivity index (χ1n) is 6.24. The van der Waals surface area contributed by atoms with Crippen molar-refractivity contribution in [3.63, 3.8) is 0 Å². The molecule has 2 rings (SSSR count). The van der Waals surface area contributed by atoms with E-state index in [2.05, 4.69) is 17.9 Å². The van der Waals surface area contributed by atoms with Crippen LogP contribution in [-0.4, -0.2) is 23.0 Å². The van der Waals surface area contributed by atoms with Crippen LogP contribution >= 0.6 is 11.3 Å². The number of aromatic carboxylic acids is 1. The van der Waals surface area contributed by atoms with E-state index in [0.29, 0.717) is 6.54 Å². The second-order valence-corrected chi connectivity index (χ2v) is 5.71. The maximum absolute atomic E-state index is 13.6. The van der Waals surface area contributed by atoms with E-state index < -0.39 is 11.8 Å². The normalized spacial score (nSPS) is 12.6. The molecule has 0 bridgehead atoms. The van der Waals surface area contributed by atoms with Crippen LogP contribution in [0.25, 0.3) is 0 Å². The fraction of sp³-hybridized carbons (Fsp3) is 0.267. The van der Waals surface area contributed by atoms with Crippen molar-refractivity contribution in [2.24, 2.45) is 0 Å². The summed E-state index contributed by atoms with van der Waals surface area (Å²) in [6.45, 7) is 2.66. The minimum Gasteiger partial charge on any atom is -0.478 e. The summed E-state index contributed by atoms with van der Waals surface area (Å²) in [5, 5.41) is 10.8. The van der Waals surface area contributed by atoms with Crippen LogP contribution in [0.15, 0.2) is 35.7 Å². The predicted octanol–water partition coefficient (Wildman–Crippen LogP) is 3.78. The number of rotatable bonds is 5. The lowest BCUT2D eigenvalue weighted by Gasteiger charge is -2.23. The Hall–Kier alpha value is -1.72. The van der Waals surface area contributed by atoms with Gasteiger partial charge in [-0.05, 0) is 43.1 Å². The van der Waals surface area contributed by atoms with E-state index in [1.165, 1.54) is 17.0 Å². The van der Waals surface area contributed by atoms with Gasteiger partial charge in [0, 0.05) is 17.5 Å². The van der Waals surface area contributed by atoms with Gasteiger partial charge in [-0.2, -0.15) is 0 Å². The summed E-state index contributed by atoms with van der Waals surface area (Å²) in [4.78, 5) is 14.1. The van der Waals surface area contributed by atoms with Gasteiger partial charge in [0.15, 0.2) is 0 Å². The molecule has 1 unspecified atom stereocenters. The monoisotopic (exact) mass is 293 g/mol. The van der Waals surface area contributed by atoms with Gasteiger partial charge in [-0.1, -0.05) is 12.1 Å². The number of nitrogens with zero attached hydrogens (tertiary/aromatic N) is 1. The summed E-state index contributed by atoms with van der Waals surface area (Å²) < 4.78 is 13.6. The van der Waals surface area contributed by atoms with E-state index in [-0.39, 0.29) is 11.6 Å². The number of hydrogen-bond donors (Lipinski definition) is 1. The molecule has 106 valence electrons. The lowest BCUT2D eigenvalue weighted by molar-refractivity contribution is 0.0692. The molecule has 20 heavy (non-hydrogen) atoms. The van der Waals surface area contributed by atoms with Crippen LogP contribution in [0, 0.1) is 5.82 Å². The molecule has 0 saturated heterocycles. The Balaban J connectivity index is 2.10. The van der Waals surface area contributed by atoms with E-state index in [9.17, 15) is 9.18 Å². The fourth-order valence-electron chi connectivity index (χ4n) is 2.00. The number of benzene rings is 1. The largest absolute Gasteiger partial charge is 0.478 e. The zero-order chi connectivity index (χ0) is 14.7. The molecule has 1 atom stereocenters. The van der Waals surface area contributed by atoms with Gasteiger partial charge >= 0.3 is 5.97 Å². The van der Waals surface area contributed by atoms with E-state index >= 15 is 0 Å². The molecule has 1 N–H and O–H groups in total. The van der Waals surface area contributed by atoms with Crippen LogP contribution < -0.4 is 0 Å². The minimum absolute atomic E-state index is 0.234. The molecule has 0 fully saturated rings. The highest BCUT2D eigenvalue weighted by atomic mass is 32.1. The Bertz CT molecular complexity index is 598. The van der Waals surface area contributed by atoms with Gasteiger partial charge in [-0.15, -0.1) is 11.3 Å². The Morgan fingerprint density at radius 1 is 1.45 bits per heavy atom. The number of carboxylic acids is 1. The molecule has 0 aliphatic heterocycles. The molecular formula is C15H16FNO2S. The van der Waals surface area contributed by atoms with Crippen molar-refractivity contribution in [3.8, 4) is 0 Å². The van der Waals surface area contributed by atoms with Gasteiger partial charge in [-0.3, -0.25) is 4.90 Å². The summed E-state index contributed by atoms with van der Waals surface area (Å²) in [6.07, 6.45) is 0. The molecule has 0 spiro atoms. The van der Waals surface area contributed by atoms with E-state index in [0.717, 1.165) is 5.56 Å². The molecule has 0 aliphatic carbocycles. The summed E-state index contributed by atoms with van der Waals surface area (Å²) in [5.41, 5.74) is 0.473. The van der Waals surface area contributed by atoms with Crippen LogP contribution in [0.5, 0.6) is 0 Å². The van der Waals surface area contributed by atoms with Gasteiger partial charge in [0.25, 0.3) is 0 Å². The van der Waals surface area contributed by atoms with Crippen LogP contribution in [0.3, 0.4) is 0 Å². The highest BCUT2D eigenvalue weighted by molar-refractivity contribution is 7.10. The minimum atomic E-state index is -1.24. The van der Waals surface area contributed by atoms with Crippen molar-refractivity contribution in [2.75, 3.05) is 7.05 Å². The van der Waals surface area contributed by atoms with E-state index in [4.69, 9.17) is 5.11 Å². The van der Waals surface area contributed by atoms with Crippen molar-refractivity contribution in [3.05, 3.63) is 57.5 Å². The maximum Gasteiger partial charge on any atom is 0.338 e. The van der Waals surface area contributed by atoms with Gasteiger partial charge in [0.2, 0.25) is 0 Å². The van der Waals surface area contributed by atoms with Gasteiger partial charge in [-0.25, -0.2) is 9.18 Å². The zero-order valence-corrected chi connectivity index (χ0v) is 12.2. The molecule has 1 heterocycles. The molecular weight excluding hydrogens is 277 g/mol. The predicted molar refractivity (Wildman–Crippen MR) is 77.6 cm³/mol. The molecule has 2 aromatic rings. The maximum atomic E-state index is 13.6. The average Bonchev–Trinajstić information content (AvgIpc) is 2.91. The smallest absolute Gasteiger partial charge is 0.338 e. The number of thiophene rings is 1. The van der Waals surface area contributed by atoms with Crippen LogP contribution in [0.1, 0.15) is 33.8 Å². The second kappa shape index (κ2) is 6.15. The summed E-state index contributed by atoms with van der Waals surface area (Å²) >= 11 is 1.69. The first-order chi connectivity index (χ1) is 9.49. The summed E-state index contributed by atoms with van der Waals surface area (Å²) in [5.74, 6) is -1.93. The molecule has 0 radical (unpaired) electrons. The Labute approximate surface area is 121 Å². The zero-order valence-electron chi connectivity index (χ0n) is 11.3. The van der Waals surface area contributed by atoms with Gasteiger partial charge in [0.05, 0.1) is 5.56 Å². The molecule has 3 nitrogen and oxygen atoms in total. The van der Waals surface area contributed by atoms with Crippen molar-refractivity contribution < 1.29 is 14.3 Å². The molecule has 0 aliphatic rings. The molecule has 5 heteroatoms. The van der Waals surface area contributed by atoms with Crippen molar-refractivity contribution >= 4 is 17.3 Å². The van der Waals surface area contributed by atoms with Crippen LogP contribution in [0.2, 0.25) is 0 Å². The first kappa shape index (κ1) is 14.7. The Kier molecular flexibility index (Phi) is 4.52. The lowest BCUT2D eigenvalue weighted by Crippen LogP contribution is -2.21. The van der Waals surface area contributed by atoms with Crippen LogP contribution in [0.4, 0.5) is 4.39 Å². The molecule has 0 saturated carbocycles. The fourth-order valence-corrected chi connectivity index (χ4v) is 2.85. The highest BCUT2D eigenvalue weighted by Gasteiger charge is 2.15. The summed E-state index contributed by atoms with van der Waals surface area (Å²) in [6, 6.07) is 8.57. The topological polar surface area (TPSA) is 40.5 Å². The third-order valence-corrected chi connectivity index (χ3v) is 4.35. The van der Waals surface area contributed by atoms with E-state index in [1.807, 2.05) is 18.5 Å². The second-order valence-electron chi connectivity index (χ2n) is 4.73. The number of carboxylic acid groups (broad SMARTS) is 1. The quantitative estimate of drug-likeness (QED) is 0.912. The third-order valence-electron chi connectivity index (χ3n) is 3.31. The van der Waals surface area contributed by atoms with Crippen molar-refractivity contribution in [1.29, 1.82) is 0 Å². The number of carbonyl (C=O) groups is 1. The molecule has 1 aromatic carbocycles. The highest BCUT2D eigenvalue weighted by Crippen LogP contribution is 2.25. The molecule has 0 amide bonds. The number of hydrogen-bond acceptors (Lipinski definition) is 3. The van der Waals surface area contributed by atoms with Crippen molar-refractivity contribution in [2.45, 2.75) is 19.5 Å². The molecule has 1 aromatic heterocycles. The first-order valence-corrected chi connectivity index (χ1v) is 7.12. The SMILES string of the molecule is CC(c1cccs1)N(C)Cc1ccc(C(=O)O)c(F)c1. The number of halogens is 1. The summed E-state index contributed by atoms with van der Waals surface area (Å²) in [7, 11) is 1.97. The average molecular weight is 293 g/mol. The Morgan fingerprint density at radius 3 is 2.75 bits per heavy atom. The van der Waals surface area contributed by atoms with Gasteiger partial charge in [0.1, 0.15) is 5.82 Å². The van der Waals surface area contributed by atoms with Gasteiger partial charge < -0.3 is 5.11 Å². The van der Waals surface area contributed by atoms with Crippen LogP contribution in [-0.2, 0) is 6.54 Å². The standard InChI is InChI=1S/C15H16FNO2S/c1-10(14-4-3-7-20-14)17(2)9-11-5-6-12(15(18)19)13(16)8-11/h3-8,10H,9H2,1-2H3,(H,18,19). The van der Waals surface area contributed by atoms with Crippen molar-refractivity contribution in [1.82, 2.24) is 4.90 Å². The van der Waals surface area contributed by atoms with E-state index in [1.54, 1.807) is 17.4 Å². The Morgan fingerprint density at radius 2 is 2.20 bits per heavy atom. The third kappa shape index (κ3) is 3.23.